The van der Waals surface area contributed by atoms with E-state index in [1.165, 1.54) is 0 Å². The zero-order chi connectivity index (χ0) is 12.4. The number of nitrogens with zero attached hydrogens (tertiary/aromatic N) is 5. The van der Waals surface area contributed by atoms with Crippen molar-refractivity contribution in [3.8, 4) is 0 Å². The first-order chi connectivity index (χ1) is 8.10. The van der Waals surface area contributed by atoms with Gasteiger partial charge in [-0.3, -0.25) is 14.2 Å². The second kappa shape index (κ2) is 4.48. The molecular weight excluding hydrogens is 218 g/mol. The van der Waals surface area contributed by atoms with E-state index < -0.39 is 0 Å². The molecule has 0 spiro atoms. The predicted octanol–water partition coefficient (Wildman–Crippen LogP) is 0.765. The number of hydrogen-bond donors (Lipinski definition) is 0. The minimum Gasteiger partial charge on any atom is -0.292 e. The Labute approximate surface area is 99.2 Å². The Morgan fingerprint density at radius 1 is 1.47 bits per heavy atom. The van der Waals surface area contributed by atoms with Crippen LogP contribution in [0.5, 0.6) is 0 Å². The van der Waals surface area contributed by atoms with Crippen LogP contribution in [0.25, 0.3) is 0 Å². The fraction of sp³-hybridized carbons (Fsp3) is 0.455. The number of ketones is 1. The first-order valence-electron chi connectivity index (χ1n) is 5.53. The summed E-state index contributed by atoms with van der Waals surface area (Å²) in [6.45, 7) is 4.53. The normalized spacial score (nSPS) is 10.8. The van der Waals surface area contributed by atoms with E-state index in [4.69, 9.17) is 0 Å². The van der Waals surface area contributed by atoms with Crippen molar-refractivity contribution < 1.29 is 4.79 Å². The van der Waals surface area contributed by atoms with Crippen molar-refractivity contribution in [3.05, 3.63) is 29.3 Å². The summed E-state index contributed by atoms with van der Waals surface area (Å²) >= 11 is 0. The van der Waals surface area contributed by atoms with E-state index in [1.807, 2.05) is 19.9 Å². The average Bonchev–Trinajstić information content (AvgIpc) is 2.84. The Bertz CT molecular complexity index is 540. The van der Waals surface area contributed by atoms with E-state index in [1.54, 1.807) is 22.6 Å². The summed E-state index contributed by atoms with van der Waals surface area (Å²) in [4.78, 5) is 12.1. The Kier molecular flexibility index (Phi) is 3.03. The van der Waals surface area contributed by atoms with Gasteiger partial charge in [-0.1, -0.05) is 5.21 Å². The molecule has 0 aliphatic heterocycles. The lowest BCUT2D eigenvalue weighted by molar-refractivity contribution is 0.0981. The van der Waals surface area contributed by atoms with Gasteiger partial charge in [-0.2, -0.15) is 5.10 Å². The quantitative estimate of drug-likeness (QED) is 0.731. The summed E-state index contributed by atoms with van der Waals surface area (Å²) in [5, 5.41) is 12.0. The zero-order valence-corrected chi connectivity index (χ0v) is 10.2. The maximum absolute atomic E-state index is 12.1. The molecule has 17 heavy (non-hydrogen) atoms. The minimum absolute atomic E-state index is 0.0213. The van der Waals surface area contributed by atoms with E-state index in [2.05, 4.69) is 15.4 Å². The molecule has 2 rings (SSSR count). The maximum atomic E-state index is 12.1. The molecule has 2 aromatic rings. The molecular formula is C11H15N5O. The van der Waals surface area contributed by atoms with Crippen LogP contribution in [0.2, 0.25) is 0 Å². The van der Waals surface area contributed by atoms with Gasteiger partial charge >= 0.3 is 0 Å². The van der Waals surface area contributed by atoms with Gasteiger partial charge in [-0.25, -0.2) is 0 Å². The van der Waals surface area contributed by atoms with Gasteiger partial charge in [0, 0.05) is 19.8 Å². The summed E-state index contributed by atoms with van der Waals surface area (Å²) in [6.07, 6.45) is 2.01. The molecule has 0 aromatic carbocycles. The fourth-order valence-electron chi connectivity index (χ4n) is 1.74. The van der Waals surface area contributed by atoms with E-state index in [0.29, 0.717) is 17.9 Å². The second-order valence-electron chi connectivity index (χ2n) is 3.97. The van der Waals surface area contributed by atoms with Crippen LogP contribution >= 0.6 is 0 Å². The predicted molar refractivity (Wildman–Crippen MR) is 61.7 cm³/mol. The highest BCUT2D eigenvalue weighted by atomic mass is 16.1. The molecule has 0 bridgehead atoms. The molecule has 0 fully saturated rings. The lowest BCUT2D eigenvalue weighted by Crippen LogP contribution is -2.11. The molecule has 2 heterocycles. The van der Waals surface area contributed by atoms with Gasteiger partial charge < -0.3 is 0 Å². The molecule has 0 aliphatic carbocycles. The van der Waals surface area contributed by atoms with Crippen LogP contribution in [0.3, 0.4) is 0 Å². The highest BCUT2D eigenvalue weighted by Gasteiger charge is 2.15. The van der Waals surface area contributed by atoms with Gasteiger partial charge in [-0.15, -0.1) is 5.10 Å². The molecule has 0 saturated carbocycles. The van der Waals surface area contributed by atoms with Gasteiger partial charge in [0.1, 0.15) is 5.69 Å². The minimum atomic E-state index is 0.0213. The van der Waals surface area contributed by atoms with Gasteiger partial charge in [-0.05, 0) is 19.9 Å². The number of aryl methyl sites for hydroxylation is 3. The third kappa shape index (κ3) is 2.41. The first-order valence-corrected chi connectivity index (χ1v) is 5.53. The lowest BCUT2D eigenvalue weighted by Gasteiger charge is -2.01. The van der Waals surface area contributed by atoms with E-state index in [0.717, 1.165) is 5.69 Å². The van der Waals surface area contributed by atoms with Crippen molar-refractivity contribution >= 4 is 5.78 Å². The van der Waals surface area contributed by atoms with Crippen LogP contribution in [-0.4, -0.2) is 30.6 Å². The SMILES string of the molecule is CCn1nc(C)cc1C(=O)Cc1cn(C)nn1. The monoisotopic (exact) mass is 233 g/mol. The summed E-state index contributed by atoms with van der Waals surface area (Å²) in [6, 6.07) is 1.81. The number of rotatable bonds is 4. The van der Waals surface area contributed by atoms with Crippen molar-refractivity contribution in [2.24, 2.45) is 7.05 Å². The van der Waals surface area contributed by atoms with E-state index >= 15 is 0 Å². The van der Waals surface area contributed by atoms with Crippen molar-refractivity contribution in [2.75, 3.05) is 0 Å². The van der Waals surface area contributed by atoms with Crippen molar-refractivity contribution in [2.45, 2.75) is 26.8 Å². The summed E-state index contributed by atoms with van der Waals surface area (Å²) < 4.78 is 3.30. The summed E-state index contributed by atoms with van der Waals surface area (Å²) in [7, 11) is 1.78. The maximum Gasteiger partial charge on any atom is 0.186 e. The molecule has 0 atom stereocenters. The van der Waals surface area contributed by atoms with Gasteiger partial charge in [0.25, 0.3) is 0 Å². The Morgan fingerprint density at radius 2 is 2.24 bits per heavy atom. The molecule has 2 aromatic heterocycles. The summed E-state index contributed by atoms with van der Waals surface area (Å²) in [5.74, 6) is 0.0213. The molecule has 0 amide bonds. The molecule has 0 radical (unpaired) electrons. The van der Waals surface area contributed by atoms with Crippen LogP contribution < -0.4 is 0 Å². The molecule has 6 heteroatoms. The van der Waals surface area contributed by atoms with Gasteiger partial charge in [0.05, 0.1) is 17.8 Å². The van der Waals surface area contributed by atoms with Crippen molar-refractivity contribution in [1.82, 2.24) is 24.8 Å². The molecule has 0 saturated heterocycles. The van der Waals surface area contributed by atoms with E-state index in [9.17, 15) is 4.79 Å². The van der Waals surface area contributed by atoms with Gasteiger partial charge in [0.15, 0.2) is 5.78 Å². The Morgan fingerprint density at radius 3 is 2.82 bits per heavy atom. The number of hydrogen-bond acceptors (Lipinski definition) is 4. The average molecular weight is 233 g/mol. The smallest absolute Gasteiger partial charge is 0.186 e. The standard InChI is InChI=1S/C11H15N5O/c1-4-16-10(5-8(2)13-16)11(17)6-9-7-15(3)14-12-9/h5,7H,4,6H2,1-3H3. The first kappa shape index (κ1) is 11.5. The lowest BCUT2D eigenvalue weighted by atomic mass is 10.1. The zero-order valence-electron chi connectivity index (χ0n) is 10.2. The van der Waals surface area contributed by atoms with E-state index in [-0.39, 0.29) is 12.2 Å². The Balaban J connectivity index is 2.19. The van der Waals surface area contributed by atoms with Crippen molar-refractivity contribution in [3.63, 3.8) is 0 Å². The summed E-state index contributed by atoms with van der Waals surface area (Å²) in [5.41, 5.74) is 2.17. The molecule has 0 aliphatic rings. The second-order valence-corrected chi connectivity index (χ2v) is 3.97. The molecule has 0 unspecified atom stereocenters. The molecule has 90 valence electrons. The van der Waals surface area contributed by atoms with Gasteiger partial charge in [0.2, 0.25) is 0 Å². The third-order valence-corrected chi connectivity index (χ3v) is 2.48. The molecule has 6 nitrogen and oxygen atoms in total. The van der Waals surface area contributed by atoms with Crippen LogP contribution in [0, 0.1) is 6.92 Å². The topological polar surface area (TPSA) is 65.6 Å². The van der Waals surface area contributed by atoms with Crippen LogP contribution in [0.1, 0.15) is 28.8 Å². The number of carbonyl (C=O) groups is 1. The highest BCUT2D eigenvalue weighted by molar-refractivity contribution is 5.95. The van der Waals surface area contributed by atoms with Crippen LogP contribution in [0.15, 0.2) is 12.3 Å². The number of aromatic nitrogens is 5. The fourth-order valence-corrected chi connectivity index (χ4v) is 1.74. The third-order valence-electron chi connectivity index (χ3n) is 2.48. The largest absolute Gasteiger partial charge is 0.292 e. The highest BCUT2D eigenvalue weighted by Crippen LogP contribution is 2.08. The number of Topliss-reactive ketones (excluding diaryl/α,β-unsaturated/α-hetero) is 1. The molecule has 0 N–H and O–H groups in total. The van der Waals surface area contributed by atoms with Crippen LogP contribution in [-0.2, 0) is 20.0 Å². The Hall–Kier alpha value is -1.98. The van der Waals surface area contributed by atoms with Crippen molar-refractivity contribution in [1.29, 1.82) is 0 Å². The van der Waals surface area contributed by atoms with Crippen LogP contribution in [0.4, 0.5) is 0 Å². The number of carbonyl (C=O) groups excluding carboxylic acids is 1.